The lowest BCUT2D eigenvalue weighted by molar-refractivity contribution is 0.260. The molecule has 0 amide bonds. The average Bonchev–Trinajstić information content (AvgIpc) is 2.78. The van der Waals surface area contributed by atoms with Gasteiger partial charge in [0.15, 0.2) is 5.82 Å². The predicted octanol–water partition coefficient (Wildman–Crippen LogP) is 0.124. The molecule has 0 spiro atoms. The summed E-state index contributed by atoms with van der Waals surface area (Å²) in [5, 5.41) is 12.5. The molecule has 2 rings (SSSR count). The van der Waals surface area contributed by atoms with Crippen LogP contribution in [-0.2, 0) is 0 Å². The smallest absolute Gasteiger partial charge is 0.276 e. The second-order valence-electron chi connectivity index (χ2n) is 2.96. The second kappa shape index (κ2) is 4.16. The van der Waals surface area contributed by atoms with Crippen LogP contribution >= 0.6 is 0 Å². The zero-order chi connectivity index (χ0) is 10.7. The minimum atomic E-state index is -0.619. The zero-order valence-electron chi connectivity index (χ0n) is 7.87. The third-order valence-corrected chi connectivity index (χ3v) is 1.85. The van der Waals surface area contributed by atoms with Crippen molar-refractivity contribution >= 4 is 0 Å². The first kappa shape index (κ1) is 9.75. The van der Waals surface area contributed by atoms with Crippen LogP contribution in [0.4, 0.5) is 0 Å². The lowest BCUT2D eigenvalue weighted by atomic mass is 10.3. The summed E-state index contributed by atoms with van der Waals surface area (Å²) in [4.78, 5) is 8.07. The van der Waals surface area contributed by atoms with E-state index in [2.05, 4.69) is 15.1 Å². The summed E-state index contributed by atoms with van der Waals surface area (Å²) in [6, 6.07) is 4.74. The van der Waals surface area contributed by atoms with E-state index < -0.39 is 6.04 Å². The molecule has 0 saturated carbocycles. The van der Waals surface area contributed by atoms with Crippen molar-refractivity contribution in [2.24, 2.45) is 5.73 Å². The van der Waals surface area contributed by atoms with Crippen molar-refractivity contribution in [2.45, 2.75) is 6.04 Å². The van der Waals surface area contributed by atoms with Gasteiger partial charge in [0.25, 0.3) is 5.89 Å². The Morgan fingerprint density at radius 2 is 2.33 bits per heavy atom. The number of hydrogen-bond donors (Lipinski definition) is 2. The van der Waals surface area contributed by atoms with Crippen molar-refractivity contribution in [3.63, 3.8) is 0 Å². The van der Waals surface area contributed by atoms with Crippen LogP contribution in [0.3, 0.4) is 0 Å². The highest BCUT2D eigenvalue weighted by Crippen LogP contribution is 2.15. The van der Waals surface area contributed by atoms with Gasteiger partial charge in [-0.05, 0) is 12.1 Å². The number of nitrogens with zero attached hydrogens (tertiary/aromatic N) is 3. The van der Waals surface area contributed by atoms with Gasteiger partial charge in [0.05, 0.1) is 12.6 Å². The van der Waals surface area contributed by atoms with E-state index in [9.17, 15) is 0 Å². The zero-order valence-corrected chi connectivity index (χ0v) is 7.87. The highest BCUT2D eigenvalue weighted by atomic mass is 16.5. The molecule has 78 valence electrons. The van der Waals surface area contributed by atoms with E-state index >= 15 is 0 Å². The Bertz CT molecular complexity index is 429. The molecule has 1 unspecified atom stereocenters. The summed E-state index contributed by atoms with van der Waals surface area (Å²) in [6.45, 7) is -0.221. The minimum absolute atomic E-state index is 0.221. The van der Waals surface area contributed by atoms with E-state index in [1.165, 1.54) is 0 Å². The first-order valence-electron chi connectivity index (χ1n) is 4.42. The summed E-state index contributed by atoms with van der Waals surface area (Å²) >= 11 is 0. The summed E-state index contributed by atoms with van der Waals surface area (Å²) in [6.07, 6.45) is 1.63. The molecule has 6 nitrogen and oxygen atoms in total. The molecule has 6 heteroatoms. The van der Waals surface area contributed by atoms with Crippen LogP contribution in [0.5, 0.6) is 0 Å². The number of aliphatic hydroxyl groups is 1. The molecule has 2 aromatic rings. The minimum Gasteiger partial charge on any atom is -0.394 e. The molecule has 0 fully saturated rings. The van der Waals surface area contributed by atoms with Gasteiger partial charge in [-0.2, -0.15) is 4.98 Å². The van der Waals surface area contributed by atoms with Gasteiger partial charge in [-0.1, -0.05) is 11.2 Å². The van der Waals surface area contributed by atoms with Crippen molar-refractivity contribution in [1.82, 2.24) is 15.1 Å². The number of rotatable bonds is 3. The third-order valence-electron chi connectivity index (χ3n) is 1.85. The Hall–Kier alpha value is -1.79. The van der Waals surface area contributed by atoms with Gasteiger partial charge in [0.2, 0.25) is 0 Å². The van der Waals surface area contributed by atoms with Gasteiger partial charge >= 0.3 is 0 Å². The quantitative estimate of drug-likeness (QED) is 0.740. The number of pyridine rings is 1. The molecule has 0 saturated heterocycles. The largest absolute Gasteiger partial charge is 0.394 e. The van der Waals surface area contributed by atoms with E-state index in [-0.39, 0.29) is 12.4 Å². The van der Waals surface area contributed by atoms with E-state index in [4.69, 9.17) is 15.4 Å². The standard InChI is InChI=1S/C9H10N4O2/c10-6(5-14)8-12-9(15-13-8)7-3-1-2-4-11-7/h1-4,6,14H,5,10H2. The molecule has 1 atom stereocenters. The average molecular weight is 206 g/mol. The lowest BCUT2D eigenvalue weighted by Crippen LogP contribution is -2.15. The lowest BCUT2D eigenvalue weighted by Gasteiger charge is -1.98. The van der Waals surface area contributed by atoms with Crippen molar-refractivity contribution in [1.29, 1.82) is 0 Å². The van der Waals surface area contributed by atoms with E-state index in [0.29, 0.717) is 11.6 Å². The van der Waals surface area contributed by atoms with Gasteiger partial charge in [-0.3, -0.25) is 4.98 Å². The molecule has 0 aliphatic carbocycles. The summed E-state index contributed by atoms with van der Waals surface area (Å²) in [7, 11) is 0. The van der Waals surface area contributed by atoms with Gasteiger partial charge < -0.3 is 15.4 Å². The topological polar surface area (TPSA) is 98.1 Å². The Morgan fingerprint density at radius 3 is 3.00 bits per heavy atom. The maximum absolute atomic E-state index is 8.81. The molecule has 3 N–H and O–H groups in total. The normalized spacial score (nSPS) is 12.7. The van der Waals surface area contributed by atoms with Gasteiger partial charge in [-0.15, -0.1) is 0 Å². The Kier molecular flexibility index (Phi) is 2.70. The van der Waals surface area contributed by atoms with Crippen LogP contribution < -0.4 is 5.73 Å². The molecule has 0 bridgehead atoms. The van der Waals surface area contributed by atoms with Crippen LogP contribution in [0.15, 0.2) is 28.9 Å². The Labute approximate surface area is 85.8 Å². The summed E-state index contributed by atoms with van der Waals surface area (Å²) < 4.78 is 4.96. The molecular formula is C9H10N4O2. The summed E-state index contributed by atoms with van der Waals surface area (Å²) in [5.41, 5.74) is 6.11. The Balaban J connectivity index is 2.28. The molecule has 0 aliphatic rings. The maximum Gasteiger partial charge on any atom is 0.276 e. The monoisotopic (exact) mass is 206 g/mol. The third kappa shape index (κ3) is 2.00. The van der Waals surface area contributed by atoms with Crippen LogP contribution in [0.25, 0.3) is 11.6 Å². The first-order chi connectivity index (χ1) is 7.31. The number of aliphatic hydroxyl groups excluding tert-OH is 1. The van der Waals surface area contributed by atoms with Crippen LogP contribution in [0.2, 0.25) is 0 Å². The molecule has 0 aromatic carbocycles. The van der Waals surface area contributed by atoms with Gasteiger partial charge in [0, 0.05) is 6.20 Å². The van der Waals surface area contributed by atoms with Crippen LogP contribution in [-0.4, -0.2) is 26.8 Å². The van der Waals surface area contributed by atoms with Gasteiger partial charge in [0.1, 0.15) is 5.69 Å². The van der Waals surface area contributed by atoms with E-state index in [1.807, 2.05) is 6.07 Å². The van der Waals surface area contributed by atoms with Crippen molar-refractivity contribution in [3.05, 3.63) is 30.2 Å². The van der Waals surface area contributed by atoms with Crippen molar-refractivity contribution in [3.8, 4) is 11.6 Å². The highest BCUT2D eigenvalue weighted by molar-refractivity contribution is 5.45. The Morgan fingerprint density at radius 1 is 1.47 bits per heavy atom. The van der Waals surface area contributed by atoms with Gasteiger partial charge in [-0.25, -0.2) is 0 Å². The summed E-state index contributed by atoms with van der Waals surface area (Å²) in [5.74, 6) is 0.577. The fraction of sp³-hybridized carbons (Fsp3) is 0.222. The van der Waals surface area contributed by atoms with E-state index in [0.717, 1.165) is 0 Å². The molecule has 0 radical (unpaired) electrons. The number of aromatic nitrogens is 3. The molecule has 0 aliphatic heterocycles. The first-order valence-corrected chi connectivity index (χ1v) is 4.42. The molecule has 2 aromatic heterocycles. The molecule has 15 heavy (non-hydrogen) atoms. The number of hydrogen-bond acceptors (Lipinski definition) is 6. The molecular weight excluding hydrogens is 196 g/mol. The van der Waals surface area contributed by atoms with Crippen LogP contribution in [0, 0.1) is 0 Å². The maximum atomic E-state index is 8.81. The highest BCUT2D eigenvalue weighted by Gasteiger charge is 2.14. The fourth-order valence-corrected chi connectivity index (χ4v) is 1.06. The van der Waals surface area contributed by atoms with Crippen molar-refractivity contribution < 1.29 is 9.63 Å². The number of nitrogens with two attached hydrogens (primary N) is 1. The molecule has 2 heterocycles. The predicted molar refractivity (Wildman–Crippen MR) is 51.5 cm³/mol. The van der Waals surface area contributed by atoms with E-state index in [1.54, 1.807) is 18.3 Å². The fourth-order valence-electron chi connectivity index (χ4n) is 1.06. The second-order valence-corrected chi connectivity index (χ2v) is 2.96. The SMILES string of the molecule is NC(CO)c1noc(-c2ccccn2)n1. The van der Waals surface area contributed by atoms with Crippen LogP contribution in [0.1, 0.15) is 11.9 Å². The van der Waals surface area contributed by atoms with Crippen molar-refractivity contribution in [2.75, 3.05) is 6.61 Å².